The van der Waals surface area contributed by atoms with Gasteiger partial charge in [0.15, 0.2) is 0 Å². The maximum absolute atomic E-state index is 12.7. The highest BCUT2D eigenvalue weighted by atomic mass is 16.2. The van der Waals surface area contributed by atoms with Gasteiger partial charge in [-0.05, 0) is 37.8 Å². The highest BCUT2D eigenvalue weighted by molar-refractivity contribution is 5.88. The molecule has 1 aromatic rings. The minimum absolute atomic E-state index is 0.169. The zero-order valence-electron chi connectivity index (χ0n) is 12.6. The van der Waals surface area contributed by atoms with E-state index in [0.29, 0.717) is 6.04 Å². The van der Waals surface area contributed by atoms with Crippen molar-refractivity contribution in [2.45, 2.75) is 51.0 Å². The van der Waals surface area contributed by atoms with E-state index in [2.05, 4.69) is 36.6 Å². The van der Waals surface area contributed by atoms with Gasteiger partial charge in [-0.2, -0.15) is 0 Å². The number of benzene rings is 1. The van der Waals surface area contributed by atoms with Crippen LogP contribution in [0.4, 0.5) is 0 Å². The molecule has 3 nitrogen and oxygen atoms in total. The van der Waals surface area contributed by atoms with E-state index in [9.17, 15) is 4.79 Å². The van der Waals surface area contributed by atoms with E-state index in [4.69, 9.17) is 0 Å². The van der Waals surface area contributed by atoms with Crippen molar-refractivity contribution >= 4 is 5.91 Å². The number of nitrogens with one attached hydrogen (secondary N) is 2. The van der Waals surface area contributed by atoms with E-state index >= 15 is 0 Å². The molecule has 110 valence electrons. The molecule has 0 aromatic heterocycles. The molecule has 0 spiro atoms. The molecule has 1 amide bonds. The molecule has 20 heavy (non-hydrogen) atoms. The van der Waals surface area contributed by atoms with Crippen molar-refractivity contribution in [3.8, 4) is 0 Å². The lowest BCUT2D eigenvalue weighted by Gasteiger charge is -2.31. The van der Waals surface area contributed by atoms with Crippen LogP contribution in [0.25, 0.3) is 0 Å². The van der Waals surface area contributed by atoms with Gasteiger partial charge in [-0.3, -0.25) is 4.79 Å². The standard InChI is InChI=1S/C17H26N2O/c1-3-17(4-2,14-9-6-5-7-10-14)16(20)19-13-15-11-8-12-18-15/h5-7,9-10,15,18H,3-4,8,11-13H2,1-2H3,(H,19,20). The molecule has 0 radical (unpaired) electrons. The van der Waals surface area contributed by atoms with Crippen molar-refractivity contribution in [1.82, 2.24) is 10.6 Å². The van der Waals surface area contributed by atoms with E-state index in [1.54, 1.807) is 0 Å². The van der Waals surface area contributed by atoms with Gasteiger partial charge in [0.2, 0.25) is 5.91 Å². The van der Waals surface area contributed by atoms with Gasteiger partial charge in [0.25, 0.3) is 0 Å². The van der Waals surface area contributed by atoms with Crippen molar-refractivity contribution in [2.24, 2.45) is 0 Å². The first kappa shape index (κ1) is 15.0. The number of carbonyl (C=O) groups excluding carboxylic acids is 1. The monoisotopic (exact) mass is 274 g/mol. The Balaban J connectivity index is 2.08. The van der Waals surface area contributed by atoms with Gasteiger partial charge in [0.05, 0.1) is 5.41 Å². The van der Waals surface area contributed by atoms with Crippen LogP contribution < -0.4 is 10.6 Å². The molecule has 2 rings (SSSR count). The normalized spacial score (nSPS) is 19.0. The third-order valence-corrected chi connectivity index (χ3v) is 4.64. The van der Waals surface area contributed by atoms with Crippen LogP contribution in [0.2, 0.25) is 0 Å². The largest absolute Gasteiger partial charge is 0.354 e. The average Bonchev–Trinajstić information content (AvgIpc) is 3.01. The predicted octanol–water partition coefficient (Wildman–Crippen LogP) is 2.61. The molecule has 0 aliphatic carbocycles. The number of hydrogen-bond acceptors (Lipinski definition) is 2. The molecule has 1 atom stereocenters. The molecule has 1 unspecified atom stereocenters. The lowest BCUT2D eigenvalue weighted by molar-refractivity contribution is -0.127. The van der Waals surface area contributed by atoms with Crippen LogP contribution in [-0.2, 0) is 10.2 Å². The summed E-state index contributed by atoms with van der Waals surface area (Å²) in [5.41, 5.74) is 0.738. The summed E-state index contributed by atoms with van der Waals surface area (Å²) in [6.45, 7) is 6.02. The fraction of sp³-hybridized carbons (Fsp3) is 0.588. The van der Waals surface area contributed by atoms with Crippen LogP contribution in [0.1, 0.15) is 45.1 Å². The summed E-state index contributed by atoms with van der Waals surface area (Å²) in [6, 6.07) is 10.6. The number of hydrogen-bond donors (Lipinski definition) is 2. The maximum Gasteiger partial charge on any atom is 0.230 e. The highest BCUT2D eigenvalue weighted by Crippen LogP contribution is 2.31. The Labute approximate surface area is 122 Å². The predicted molar refractivity (Wildman–Crippen MR) is 82.7 cm³/mol. The Kier molecular flexibility index (Phi) is 5.18. The zero-order chi connectivity index (χ0) is 14.4. The number of carbonyl (C=O) groups is 1. The first-order valence-electron chi connectivity index (χ1n) is 7.80. The van der Waals surface area contributed by atoms with Gasteiger partial charge in [0, 0.05) is 12.6 Å². The molecule has 1 aliphatic heterocycles. The van der Waals surface area contributed by atoms with Crippen LogP contribution in [0.5, 0.6) is 0 Å². The number of amides is 1. The Morgan fingerprint density at radius 1 is 1.30 bits per heavy atom. The van der Waals surface area contributed by atoms with E-state index in [1.807, 2.05) is 18.2 Å². The van der Waals surface area contributed by atoms with Gasteiger partial charge < -0.3 is 10.6 Å². The Bertz CT molecular complexity index is 420. The van der Waals surface area contributed by atoms with Crippen LogP contribution in [-0.4, -0.2) is 25.0 Å². The molecule has 1 aromatic carbocycles. The third kappa shape index (κ3) is 3.04. The quantitative estimate of drug-likeness (QED) is 0.837. The maximum atomic E-state index is 12.7. The molecule has 1 saturated heterocycles. The highest BCUT2D eigenvalue weighted by Gasteiger charge is 2.36. The average molecular weight is 274 g/mol. The second-order valence-corrected chi connectivity index (χ2v) is 5.66. The molecule has 1 aliphatic rings. The van der Waals surface area contributed by atoms with Gasteiger partial charge in [-0.1, -0.05) is 44.2 Å². The lowest BCUT2D eigenvalue weighted by Crippen LogP contribution is -2.47. The summed E-state index contributed by atoms with van der Waals surface area (Å²) >= 11 is 0. The second kappa shape index (κ2) is 6.89. The van der Waals surface area contributed by atoms with E-state index < -0.39 is 0 Å². The summed E-state index contributed by atoms with van der Waals surface area (Å²) in [5.74, 6) is 0.169. The molecule has 0 bridgehead atoms. The van der Waals surface area contributed by atoms with Crippen LogP contribution >= 0.6 is 0 Å². The van der Waals surface area contributed by atoms with E-state index in [1.165, 1.54) is 6.42 Å². The van der Waals surface area contributed by atoms with Gasteiger partial charge >= 0.3 is 0 Å². The van der Waals surface area contributed by atoms with Crippen LogP contribution in [0.3, 0.4) is 0 Å². The number of rotatable bonds is 6. The smallest absolute Gasteiger partial charge is 0.230 e. The molecule has 2 N–H and O–H groups in total. The second-order valence-electron chi connectivity index (χ2n) is 5.66. The lowest BCUT2D eigenvalue weighted by atomic mass is 9.75. The molecular formula is C17H26N2O. The fourth-order valence-corrected chi connectivity index (χ4v) is 3.18. The summed E-state index contributed by atoms with van der Waals surface area (Å²) < 4.78 is 0. The summed E-state index contributed by atoms with van der Waals surface area (Å²) in [6.07, 6.45) is 4.04. The van der Waals surface area contributed by atoms with Crippen molar-refractivity contribution in [1.29, 1.82) is 0 Å². The topological polar surface area (TPSA) is 41.1 Å². The van der Waals surface area contributed by atoms with E-state index in [-0.39, 0.29) is 11.3 Å². The molecule has 1 heterocycles. The van der Waals surface area contributed by atoms with Gasteiger partial charge in [-0.25, -0.2) is 0 Å². The van der Waals surface area contributed by atoms with Crippen molar-refractivity contribution in [3.63, 3.8) is 0 Å². The summed E-state index contributed by atoms with van der Waals surface area (Å²) in [4.78, 5) is 12.7. The molecule has 3 heteroatoms. The minimum atomic E-state index is -0.389. The molecular weight excluding hydrogens is 248 g/mol. The molecule has 0 saturated carbocycles. The van der Waals surface area contributed by atoms with Gasteiger partial charge in [0.1, 0.15) is 0 Å². The first-order chi connectivity index (χ1) is 9.73. The van der Waals surface area contributed by atoms with E-state index in [0.717, 1.165) is 37.9 Å². The zero-order valence-corrected chi connectivity index (χ0v) is 12.6. The fourth-order valence-electron chi connectivity index (χ4n) is 3.18. The first-order valence-corrected chi connectivity index (χ1v) is 7.80. The van der Waals surface area contributed by atoms with Gasteiger partial charge in [-0.15, -0.1) is 0 Å². The Hall–Kier alpha value is -1.35. The van der Waals surface area contributed by atoms with Crippen LogP contribution in [0.15, 0.2) is 30.3 Å². The Morgan fingerprint density at radius 2 is 2.00 bits per heavy atom. The molecule has 1 fully saturated rings. The SMILES string of the molecule is CCC(CC)(C(=O)NCC1CCCN1)c1ccccc1. The van der Waals surface area contributed by atoms with Crippen LogP contribution in [0, 0.1) is 0 Å². The van der Waals surface area contributed by atoms with Crippen molar-refractivity contribution < 1.29 is 4.79 Å². The van der Waals surface area contributed by atoms with Crippen molar-refractivity contribution in [3.05, 3.63) is 35.9 Å². The Morgan fingerprint density at radius 3 is 2.55 bits per heavy atom. The minimum Gasteiger partial charge on any atom is -0.354 e. The van der Waals surface area contributed by atoms with Crippen molar-refractivity contribution in [2.75, 3.05) is 13.1 Å². The third-order valence-electron chi connectivity index (χ3n) is 4.64. The summed E-state index contributed by atoms with van der Waals surface area (Å²) in [5, 5.41) is 6.59. The summed E-state index contributed by atoms with van der Waals surface area (Å²) in [7, 11) is 0.